The molecule has 0 saturated carbocycles. The Morgan fingerprint density at radius 2 is 1.82 bits per heavy atom. The van der Waals surface area contributed by atoms with Crippen LogP contribution in [0.3, 0.4) is 0 Å². The van der Waals surface area contributed by atoms with Crippen LogP contribution in [0.5, 0.6) is 5.75 Å². The first-order valence-electron chi connectivity index (χ1n) is 9.33. The van der Waals surface area contributed by atoms with Crippen molar-refractivity contribution in [3.05, 3.63) is 63.6 Å². The van der Waals surface area contributed by atoms with Crippen LogP contribution >= 0.6 is 15.9 Å². The Balaban J connectivity index is 2.16. The molecule has 0 saturated heterocycles. The second kappa shape index (κ2) is 10.3. The van der Waals surface area contributed by atoms with Crippen molar-refractivity contribution in [3.8, 4) is 5.75 Å². The number of halogens is 1. The van der Waals surface area contributed by atoms with Crippen molar-refractivity contribution in [1.82, 2.24) is 10.2 Å². The standard InChI is InChI=1S/C22H27BrN2O3/c1-5-24-22(27)17(4)25(13-18-8-10-19(23)11-9-18)21(26)14-28-20-12-15(2)6-7-16(20)3/h6-12,17H,5,13-14H2,1-4H3,(H,24,27)/t17-/m1/s1. The summed E-state index contributed by atoms with van der Waals surface area (Å²) in [5.41, 5.74) is 2.98. The summed E-state index contributed by atoms with van der Waals surface area (Å²) in [6.07, 6.45) is 0. The van der Waals surface area contributed by atoms with E-state index in [1.54, 1.807) is 11.8 Å². The summed E-state index contributed by atoms with van der Waals surface area (Å²) in [4.78, 5) is 26.9. The van der Waals surface area contributed by atoms with E-state index in [1.165, 1.54) is 0 Å². The summed E-state index contributed by atoms with van der Waals surface area (Å²) in [7, 11) is 0. The van der Waals surface area contributed by atoms with Gasteiger partial charge in [-0.25, -0.2) is 0 Å². The average Bonchev–Trinajstić information content (AvgIpc) is 2.67. The molecule has 2 aromatic rings. The van der Waals surface area contributed by atoms with Gasteiger partial charge in [-0.1, -0.05) is 40.2 Å². The first-order chi connectivity index (χ1) is 13.3. The number of ether oxygens (including phenoxy) is 1. The number of likely N-dealkylation sites (N-methyl/N-ethyl adjacent to an activating group) is 1. The first-order valence-corrected chi connectivity index (χ1v) is 10.1. The predicted molar refractivity (Wildman–Crippen MR) is 114 cm³/mol. The first kappa shape index (κ1) is 22.0. The molecule has 1 N–H and O–H groups in total. The minimum atomic E-state index is -0.599. The molecule has 1 atom stereocenters. The smallest absolute Gasteiger partial charge is 0.261 e. The maximum Gasteiger partial charge on any atom is 0.261 e. The van der Waals surface area contributed by atoms with Gasteiger partial charge >= 0.3 is 0 Å². The van der Waals surface area contributed by atoms with Crippen LogP contribution in [0.1, 0.15) is 30.5 Å². The lowest BCUT2D eigenvalue weighted by atomic mass is 10.1. The van der Waals surface area contributed by atoms with Crippen molar-refractivity contribution < 1.29 is 14.3 Å². The number of hydrogen-bond acceptors (Lipinski definition) is 3. The molecule has 0 aliphatic carbocycles. The van der Waals surface area contributed by atoms with Crippen LogP contribution in [0.2, 0.25) is 0 Å². The summed E-state index contributed by atoms with van der Waals surface area (Å²) in [5.74, 6) is 0.268. The van der Waals surface area contributed by atoms with E-state index in [-0.39, 0.29) is 18.4 Å². The van der Waals surface area contributed by atoms with Gasteiger partial charge in [-0.15, -0.1) is 0 Å². The molecule has 150 valence electrons. The number of carbonyl (C=O) groups is 2. The number of benzene rings is 2. The Morgan fingerprint density at radius 3 is 2.46 bits per heavy atom. The van der Waals surface area contributed by atoms with Gasteiger partial charge in [0, 0.05) is 17.6 Å². The molecule has 0 radical (unpaired) electrons. The van der Waals surface area contributed by atoms with E-state index >= 15 is 0 Å². The van der Waals surface area contributed by atoms with E-state index in [9.17, 15) is 9.59 Å². The Kier molecular flexibility index (Phi) is 8.05. The van der Waals surface area contributed by atoms with E-state index in [0.717, 1.165) is 21.2 Å². The Bertz CT molecular complexity index is 821. The van der Waals surface area contributed by atoms with Crippen LogP contribution in [-0.2, 0) is 16.1 Å². The van der Waals surface area contributed by atoms with Gasteiger partial charge < -0.3 is 15.0 Å². The Labute approximate surface area is 175 Å². The second-order valence-corrected chi connectivity index (χ2v) is 7.69. The summed E-state index contributed by atoms with van der Waals surface area (Å²) >= 11 is 3.41. The van der Waals surface area contributed by atoms with Crippen LogP contribution in [0.25, 0.3) is 0 Å². The molecule has 0 aliphatic rings. The lowest BCUT2D eigenvalue weighted by Gasteiger charge is -2.28. The van der Waals surface area contributed by atoms with E-state index in [2.05, 4.69) is 21.2 Å². The van der Waals surface area contributed by atoms with Crippen LogP contribution in [-0.4, -0.2) is 35.9 Å². The zero-order chi connectivity index (χ0) is 20.7. The topological polar surface area (TPSA) is 58.6 Å². The minimum absolute atomic E-state index is 0.120. The Morgan fingerprint density at radius 1 is 1.14 bits per heavy atom. The molecule has 5 nitrogen and oxygen atoms in total. The predicted octanol–water partition coefficient (Wildman–Crippen LogP) is 4.00. The number of carbonyl (C=O) groups excluding carboxylic acids is 2. The lowest BCUT2D eigenvalue weighted by molar-refractivity contribution is -0.142. The number of aryl methyl sites for hydroxylation is 2. The molecular formula is C22H27BrN2O3. The normalized spacial score (nSPS) is 11.6. The molecular weight excluding hydrogens is 420 g/mol. The van der Waals surface area contributed by atoms with E-state index in [4.69, 9.17) is 4.74 Å². The molecule has 2 rings (SSSR count). The van der Waals surface area contributed by atoms with Crippen LogP contribution < -0.4 is 10.1 Å². The fraction of sp³-hybridized carbons (Fsp3) is 0.364. The monoisotopic (exact) mass is 446 g/mol. The van der Waals surface area contributed by atoms with E-state index in [1.807, 2.05) is 63.2 Å². The quantitative estimate of drug-likeness (QED) is 0.666. The molecule has 0 aromatic heterocycles. The summed E-state index contributed by atoms with van der Waals surface area (Å²) in [6.45, 7) is 8.24. The molecule has 2 aromatic carbocycles. The molecule has 6 heteroatoms. The molecule has 28 heavy (non-hydrogen) atoms. The van der Waals surface area contributed by atoms with Gasteiger partial charge in [0.15, 0.2) is 6.61 Å². The Hall–Kier alpha value is -2.34. The summed E-state index contributed by atoms with van der Waals surface area (Å²) < 4.78 is 6.74. The molecule has 0 spiro atoms. The third kappa shape index (κ3) is 6.09. The SMILES string of the molecule is CCNC(=O)[C@@H](C)N(Cc1ccc(Br)cc1)C(=O)COc1cc(C)ccc1C. The van der Waals surface area contributed by atoms with Crippen molar-refractivity contribution >= 4 is 27.7 Å². The van der Waals surface area contributed by atoms with Gasteiger partial charge in [0.2, 0.25) is 5.91 Å². The van der Waals surface area contributed by atoms with Crippen molar-refractivity contribution in [3.63, 3.8) is 0 Å². The largest absolute Gasteiger partial charge is 0.483 e. The van der Waals surface area contributed by atoms with Crippen LogP contribution in [0.15, 0.2) is 46.9 Å². The van der Waals surface area contributed by atoms with E-state index in [0.29, 0.717) is 18.8 Å². The second-order valence-electron chi connectivity index (χ2n) is 6.78. The van der Waals surface area contributed by atoms with E-state index < -0.39 is 6.04 Å². The number of amides is 2. The fourth-order valence-electron chi connectivity index (χ4n) is 2.78. The number of hydrogen-bond donors (Lipinski definition) is 1. The molecule has 0 aliphatic heterocycles. The van der Waals surface area contributed by atoms with Gasteiger partial charge in [-0.05, 0) is 62.6 Å². The van der Waals surface area contributed by atoms with Gasteiger partial charge in [0.05, 0.1) is 0 Å². The highest BCUT2D eigenvalue weighted by Crippen LogP contribution is 2.20. The van der Waals surface area contributed by atoms with Crippen molar-refractivity contribution in [2.45, 2.75) is 40.3 Å². The third-order valence-electron chi connectivity index (χ3n) is 4.48. The maximum atomic E-state index is 12.9. The number of rotatable bonds is 8. The fourth-order valence-corrected chi connectivity index (χ4v) is 3.04. The molecule has 0 fully saturated rings. The van der Waals surface area contributed by atoms with Crippen molar-refractivity contribution in [1.29, 1.82) is 0 Å². The minimum Gasteiger partial charge on any atom is -0.483 e. The van der Waals surface area contributed by atoms with Crippen molar-refractivity contribution in [2.24, 2.45) is 0 Å². The van der Waals surface area contributed by atoms with Crippen LogP contribution in [0.4, 0.5) is 0 Å². The maximum absolute atomic E-state index is 12.9. The highest BCUT2D eigenvalue weighted by molar-refractivity contribution is 9.10. The highest BCUT2D eigenvalue weighted by Gasteiger charge is 2.26. The molecule has 0 heterocycles. The number of nitrogens with one attached hydrogen (secondary N) is 1. The highest BCUT2D eigenvalue weighted by atomic mass is 79.9. The summed E-state index contributed by atoms with van der Waals surface area (Å²) in [6, 6.07) is 13.0. The van der Waals surface area contributed by atoms with Gasteiger partial charge in [0.25, 0.3) is 5.91 Å². The molecule has 2 amide bonds. The zero-order valence-electron chi connectivity index (χ0n) is 16.8. The van der Waals surface area contributed by atoms with Gasteiger partial charge in [-0.2, -0.15) is 0 Å². The summed E-state index contributed by atoms with van der Waals surface area (Å²) in [5, 5.41) is 2.78. The van der Waals surface area contributed by atoms with Crippen LogP contribution in [0, 0.1) is 13.8 Å². The molecule has 0 bridgehead atoms. The van der Waals surface area contributed by atoms with Gasteiger partial charge in [0.1, 0.15) is 11.8 Å². The zero-order valence-corrected chi connectivity index (χ0v) is 18.4. The van der Waals surface area contributed by atoms with Gasteiger partial charge in [-0.3, -0.25) is 9.59 Å². The third-order valence-corrected chi connectivity index (χ3v) is 5.01. The average molecular weight is 447 g/mol. The lowest BCUT2D eigenvalue weighted by Crippen LogP contribution is -2.49. The molecule has 0 unspecified atom stereocenters. The number of nitrogens with zero attached hydrogens (tertiary/aromatic N) is 1. The van der Waals surface area contributed by atoms with Crippen molar-refractivity contribution in [2.75, 3.05) is 13.2 Å².